The van der Waals surface area contributed by atoms with Gasteiger partial charge in [0.1, 0.15) is 22.8 Å². The molecule has 12 heteroatoms. The van der Waals surface area contributed by atoms with Crippen LogP contribution in [-0.2, 0) is 27.3 Å². The second-order valence-corrected chi connectivity index (χ2v) is 11.3. The zero-order valence-electron chi connectivity index (χ0n) is 23.3. The summed E-state index contributed by atoms with van der Waals surface area (Å²) in [4.78, 5) is 57.0. The normalized spacial score (nSPS) is 20.7. The average Bonchev–Trinajstić information content (AvgIpc) is 3.66. The second kappa shape index (κ2) is 14.5. The summed E-state index contributed by atoms with van der Waals surface area (Å²) in [5.74, 6) is -1.32. The third-order valence-electron chi connectivity index (χ3n) is 6.89. The first-order chi connectivity index (χ1) is 19.8. The highest BCUT2D eigenvalue weighted by atomic mass is 32.1. The molecule has 1 aliphatic heterocycles. The van der Waals surface area contributed by atoms with Crippen molar-refractivity contribution in [3.8, 4) is 0 Å². The fourth-order valence-corrected chi connectivity index (χ4v) is 5.61. The van der Waals surface area contributed by atoms with E-state index in [1.807, 2.05) is 44.2 Å². The number of hydrogen-bond acceptors (Lipinski definition) is 7. The van der Waals surface area contributed by atoms with Crippen LogP contribution in [0.5, 0.6) is 0 Å². The van der Waals surface area contributed by atoms with Crippen LogP contribution in [0.1, 0.15) is 66.6 Å². The first kappa shape index (κ1) is 29.9. The van der Waals surface area contributed by atoms with Gasteiger partial charge in [-0.3, -0.25) is 23.9 Å². The van der Waals surface area contributed by atoms with Gasteiger partial charge in [0.25, 0.3) is 5.91 Å². The molecule has 4 amide bonds. The minimum atomic E-state index is -0.773. The zero-order chi connectivity index (χ0) is 29.2. The van der Waals surface area contributed by atoms with Gasteiger partial charge in [-0.1, -0.05) is 44.2 Å². The number of nitrogens with zero attached hydrogens (tertiary/aromatic N) is 3. The lowest BCUT2D eigenvalue weighted by Gasteiger charge is -2.25. The van der Waals surface area contributed by atoms with E-state index in [2.05, 4.69) is 31.3 Å². The number of fused-ring (bicyclic) bond motifs is 2. The number of rotatable bonds is 7. The molecule has 0 aliphatic carbocycles. The summed E-state index contributed by atoms with van der Waals surface area (Å²) in [6, 6.07) is 9.33. The second-order valence-electron chi connectivity index (χ2n) is 10.4. The summed E-state index contributed by atoms with van der Waals surface area (Å²) in [7, 11) is 0. The molecule has 4 rings (SSSR count). The van der Waals surface area contributed by atoms with E-state index in [0.29, 0.717) is 43.8 Å². The summed E-state index contributed by atoms with van der Waals surface area (Å²) in [5, 5.41) is 18.0. The number of carbonyl (C=O) groups excluding carboxylic acids is 4. The van der Waals surface area contributed by atoms with E-state index in [1.165, 1.54) is 11.3 Å². The SMILES string of the molecule is CC(C)[C@H]1NC(=O)[C@@H](NC(=O)CCn2cccn2)CCCCNC(=O)[C@@H](Cc2ccccc2)NC(=O)c2csc1n2. The summed E-state index contributed by atoms with van der Waals surface area (Å²) in [6.07, 6.45) is 5.56. The Kier molecular flexibility index (Phi) is 10.6. The van der Waals surface area contributed by atoms with Gasteiger partial charge >= 0.3 is 0 Å². The molecule has 1 aromatic carbocycles. The lowest BCUT2D eigenvalue weighted by molar-refractivity contribution is -0.130. The third kappa shape index (κ3) is 8.71. The monoisotopic (exact) mass is 579 g/mol. The Hall–Kier alpha value is -4.06. The largest absolute Gasteiger partial charge is 0.354 e. The quantitative estimate of drug-likeness (QED) is 0.338. The Labute approximate surface area is 243 Å². The fourth-order valence-electron chi connectivity index (χ4n) is 4.59. The van der Waals surface area contributed by atoms with Crippen LogP contribution in [0.4, 0.5) is 0 Å². The number of aryl methyl sites for hydroxylation is 1. The molecular weight excluding hydrogens is 542 g/mol. The minimum Gasteiger partial charge on any atom is -0.354 e. The number of thiazole rings is 1. The van der Waals surface area contributed by atoms with Crippen molar-refractivity contribution in [3.63, 3.8) is 0 Å². The number of aromatic nitrogens is 3. The van der Waals surface area contributed by atoms with E-state index < -0.39 is 24.0 Å². The predicted octanol–water partition coefficient (Wildman–Crippen LogP) is 2.37. The van der Waals surface area contributed by atoms with Crippen LogP contribution in [0.3, 0.4) is 0 Å². The topological polar surface area (TPSA) is 147 Å². The van der Waals surface area contributed by atoms with Crippen LogP contribution < -0.4 is 21.3 Å². The summed E-state index contributed by atoms with van der Waals surface area (Å²) < 4.78 is 1.66. The molecule has 2 bridgehead atoms. The number of nitrogens with one attached hydrogen (secondary N) is 4. The van der Waals surface area contributed by atoms with Crippen LogP contribution in [0.2, 0.25) is 0 Å². The van der Waals surface area contributed by atoms with Crippen molar-refractivity contribution in [2.24, 2.45) is 5.92 Å². The maximum absolute atomic E-state index is 13.4. The smallest absolute Gasteiger partial charge is 0.271 e. The summed E-state index contributed by atoms with van der Waals surface area (Å²) in [6.45, 7) is 4.70. The molecule has 11 nitrogen and oxygen atoms in total. The Morgan fingerprint density at radius 1 is 1.10 bits per heavy atom. The lowest BCUT2D eigenvalue weighted by Crippen LogP contribution is -2.49. The molecule has 0 unspecified atom stereocenters. The highest BCUT2D eigenvalue weighted by Gasteiger charge is 2.29. The predicted molar refractivity (Wildman–Crippen MR) is 155 cm³/mol. The van der Waals surface area contributed by atoms with Crippen molar-refractivity contribution in [1.82, 2.24) is 36.0 Å². The highest BCUT2D eigenvalue weighted by Crippen LogP contribution is 2.25. The Morgan fingerprint density at radius 2 is 1.90 bits per heavy atom. The van der Waals surface area contributed by atoms with Gasteiger partial charge in [0.15, 0.2) is 0 Å². The maximum Gasteiger partial charge on any atom is 0.271 e. The van der Waals surface area contributed by atoms with E-state index >= 15 is 0 Å². The van der Waals surface area contributed by atoms with Gasteiger partial charge in [0.05, 0.1) is 6.04 Å². The van der Waals surface area contributed by atoms with E-state index in [0.717, 1.165) is 5.56 Å². The number of hydrogen-bond donors (Lipinski definition) is 4. The van der Waals surface area contributed by atoms with E-state index in [1.54, 1.807) is 28.5 Å². The Balaban J connectivity index is 1.52. The van der Waals surface area contributed by atoms with Gasteiger partial charge in [0.2, 0.25) is 17.7 Å². The molecule has 1 aliphatic rings. The number of amides is 4. The summed E-state index contributed by atoms with van der Waals surface area (Å²) in [5.41, 5.74) is 1.11. The van der Waals surface area contributed by atoms with Gasteiger partial charge in [-0.2, -0.15) is 5.10 Å². The molecule has 0 spiro atoms. The van der Waals surface area contributed by atoms with Crippen LogP contribution in [0.15, 0.2) is 54.2 Å². The standard InChI is InChI=1S/C29H37N7O4S/c1-19(2)25-29-34-23(18-41-29)28(40)33-22(17-20-9-4-3-5-10-20)26(38)30-13-7-6-11-21(27(39)35-25)32-24(37)12-16-36-15-8-14-31-36/h3-5,8-10,14-15,18-19,21-22,25H,6-7,11-13,16-17H2,1-2H3,(H,30,38)(H,32,37)(H,33,40)(H,35,39)/t21-,22+,25+/m0/s1. The van der Waals surface area contributed by atoms with Gasteiger partial charge in [0, 0.05) is 43.7 Å². The van der Waals surface area contributed by atoms with Gasteiger partial charge in [-0.05, 0) is 36.8 Å². The van der Waals surface area contributed by atoms with Crippen molar-refractivity contribution < 1.29 is 19.2 Å². The molecule has 2 aromatic heterocycles. The molecule has 0 saturated carbocycles. The highest BCUT2D eigenvalue weighted by molar-refractivity contribution is 7.09. The number of benzene rings is 1. The molecule has 3 aromatic rings. The third-order valence-corrected chi connectivity index (χ3v) is 7.82. The molecule has 4 N–H and O–H groups in total. The Bertz CT molecular complexity index is 1310. The lowest BCUT2D eigenvalue weighted by atomic mass is 10.0. The van der Waals surface area contributed by atoms with Crippen molar-refractivity contribution in [1.29, 1.82) is 0 Å². The fraction of sp³-hybridized carbons (Fsp3) is 0.448. The van der Waals surface area contributed by atoms with Crippen molar-refractivity contribution >= 4 is 35.0 Å². The molecular formula is C29H37N7O4S. The molecule has 41 heavy (non-hydrogen) atoms. The first-order valence-electron chi connectivity index (χ1n) is 13.9. The van der Waals surface area contributed by atoms with E-state index in [9.17, 15) is 19.2 Å². The minimum absolute atomic E-state index is 0.0207. The van der Waals surface area contributed by atoms with Gasteiger partial charge < -0.3 is 21.3 Å². The molecule has 218 valence electrons. The van der Waals surface area contributed by atoms with Crippen molar-refractivity contribution in [2.75, 3.05) is 6.54 Å². The molecule has 3 atom stereocenters. The van der Waals surface area contributed by atoms with Gasteiger partial charge in [-0.25, -0.2) is 4.98 Å². The molecule has 0 saturated heterocycles. The molecule has 0 fully saturated rings. The van der Waals surface area contributed by atoms with Crippen molar-refractivity contribution in [3.05, 3.63) is 70.4 Å². The summed E-state index contributed by atoms with van der Waals surface area (Å²) >= 11 is 1.28. The van der Waals surface area contributed by atoms with Crippen LogP contribution >= 0.6 is 11.3 Å². The van der Waals surface area contributed by atoms with Crippen LogP contribution in [-0.4, -0.2) is 57.0 Å². The average molecular weight is 580 g/mol. The van der Waals surface area contributed by atoms with E-state index in [-0.39, 0.29) is 35.8 Å². The Morgan fingerprint density at radius 3 is 2.63 bits per heavy atom. The first-order valence-corrected chi connectivity index (χ1v) is 14.8. The maximum atomic E-state index is 13.4. The zero-order valence-corrected chi connectivity index (χ0v) is 24.2. The number of carbonyl (C=O) groups is 4. The molecule has 0 radical (unpaired) electrons. The van der Waals surface area contributed by atoms with Crippen LogP contribution in [0, 0.1) is 5.92 Å². The van der Waals surface area contributed by atoms with Crippen molar-refractivity contribution in [2.45, 2.75) is 70.6 Å². The van der Waals surface area contributed by atoms with Gasteiger partial charge in [-0.15, -0.1) is 11.3 Å². The van der Waals surface area contributed by atoms with Crippen LogP contribution in [0.25, 0.3) is 0 Å². The van der Waals surface area contributed by atoms with E-state index in [4.69, 9.17) is 0 Å². The molecule has 3 heterocycles.